The van der Waals surface area contributed by atoms with Gasteiger partial charge in [-0.05, 0) is 30.3 Å². The number of phenols is 2. The highest BCUT2D eigenvalue weighted by molar-refractivity contribution is 6.30. The Labute approximate surface area is 120 Å². The Balaban J connectivity index is 2.09. The van der Waals surface area contributed by atoms with E-state index in [-0.39, 0.29) is 17.1 Å². The molecule has 1 amide bonds. The molecule has 0 aliphatic heterocycles. The van der Waals surface area contributed by atoms with E-state index in [9.17, 15) is 15.0 Å². The number of benzene rings is 2. The number of hydrogen-bond acceptors (Lipinski definition) is 4. The van der Waals surface area contributed by atoms with Gasteiger partial charge in [-0.15, -0.1) is 0 Å². The first kappa shape index (κ1) is 13.9. The first-order chi connectivity index (χ1) is 9.58. The largest absolute Gasteiger partial charge is 0.507 e. The van der Waals surface area contributed by atoms with Crippen molar-refractivity contribution in [2.45, 2.75) is 0 Å². The summed E-state index contributed by atoms with van der Waals surface area (Å²) in [4.78, 5) is 11.7. The van der Waals surface area contributed by atoms with Crippen LogP contribution < -0.4 is 5.43 Å². The maximum atomic E-state index is 11.7. The first-order valence-electron chi connectivity index (χ1n) is 5.68. The second kappa shape index (κ2) is 6.08. The van der Waals surface area contributed by atoms with Crippen LogP contribution in [0.15, 0.2) is 47.6 Å². The lowest BCUT2D eigenvalue weighted by Crippen LogP contribution is -2.17. The molecule has 0 saturated carbocycles. The molecular weight excluding hydrogens is 280 g/mol. The van der Waals surface area contributed by atoms with E-state index in [1.54, 1.807) is 12.1 Å². The number of nitrogens with one attached hydrogen (secondary N) is 1. The number of halogens is 1. The van der Waals surface area contributed by atoms with Crippen molar-refractivity contribution in [3.05, 3.63) is 58.6 Å². The van der Waals surface area contributed by atoms with Crippen LogP contribution in [0.25, 0.3) is 0 Å². The zero-order valence-corrected chi connectivity index (χ0v) is 11.0. The number of phenolic OH excluding ortho intramolecular Hbond substituents is 2. The highest BCUT2D eigenvalue weighted by atomic mass is 35.5. The van der Waals surface area contributed by atoms with E-state index in [0.717, 1.165) is 0 Å². The molecule has 5 nitrogen and oxygen atoms in total. The molecule has 0 unspecified atom stereocenters. The van der Waals surface area contributed by atoms with Crippen LogP contribution in [-0.4, -0.2) is 22.3 Å². The number of carbonyl (C=O) groups is 1. The SMILES string of the molecule is O=C(N/N=C/c1cc(Cl)ccc1O)c1ccccc1O. The number of carbonyl (C=O) groups excluding carboxylic acids is 1. The molecule has 2 aromatic carbocycles. The first-order valence-corrected chi connectivity index (χ1v) is 6.05. The molecule has 0 aliphatic carbocycles. The Morgan fingerprint density at radius 2 is 1.90 bits per heavy atom. The maximum Gasteiger partial charge on any atom is 0.275 e. The molecule has 2 aromatic rings. The summed E-state index contributed by atoms with van der Waals surface area (Å²) in [5.41, 5.74) is 2.73. The van der Waals surface area contributed by atoms with Gasteiger partial charge in [0.1, 0.15) is 11.5 Å². The van der Waals surface area contributed by atoms with Gasteiger partial charge in [-0.2, -0.15) is 5.10 Å². The van der Waals surface area contributed by atoms with Gasteiger partial charge >= 0.3 is 0 Å². The standard InChI is InChI=1S/C14H11ClN2O3/c15-10-5-6-12(18)9(7-10)8-16-17-14(20)11-3-1-2-4-13(11)19/h1-8,18-19H,(H,17,20)/b16-8+. The molecule has 6 heteroatoms. The van der Waals surface area contributed by atoms with E-state index in [4.69, 9.17) is 11.6 Å². The van der Waals surface area contributed by atoms with Crippen LogP contribution in [0.3, 0.4) is 0 Å². The molecule has 0 saturated heterocycles. The molecular formula is C14H11ClN2O3. The van der Waals surface area contributed by atoms with E-state index in [2.05, 4.69) is 10.5 Å². The summed E-state index contributed by atoms with van der Waals surface area (Å²) in [6.07, 6.45) is 1.26. The van der Waals surface area contributed by atoms with Gasteiger partial charge in [-0.1, -0.05) is 23.7 Å². The number of amides is 1. The van der Waals surface area contributed by atoms with Crippen LogP contribution in [0.2, 0.25) is 5.02 Å². The number of hydrazone groups is 1. The maximum absolute atomic E-state index is 11.7. The molecule has 2 rings (SSSR count). The summed E-state index contributed by atoms with van der Waals surface area (Å²) in [7, 11) is 0. The zero-order valence-electron chi connectivity index (χ0n) is 10.2. The van der Waals surface area contributed by atoms with Crippen LogP contribution in [0.5, 0.6) is 11.5 Å². The third kappa shape index (κ3) is 3.27. The summed E-state index contributed by atoms with van der Waals surface area (Å²) in [6.45, 7) is 0. The molecule has 0 radical (unpaired) electrons. The van der Waals surface area contributed by atoms with Gasteiger partial charge < -0.3 is 10.2 Å². The Kier molecular flexibility index (Phi) is 4.22. The summed E-state index contributed by atoms with van der Waals surface area (Å²) in [6, 6.07) is 10.6. The second-order valence-corrected chi connectivity index (χ2v) is 4.36. The molecule has 0 bridgehead atoms. The third-order valence-corrected chi connectivity index (χ3v) is 2.74. The quantitative estimate of drug-likeness (QED) is 0.600. The number of nitrogens with zero attached hydrogens (tertiary/aromatic N) is 1. The molecule has 102 valence electrons. The van der Waals surface area contributed by atoms with Crippen molar-refractivity contribution in [2.75, 3.05) is 0 Å². The lowest BCUT2D eigenvalue weighted by Gasteiger charge is -2.02. The predicted molar refractivity (Wildman–Crippen MR) is 76.3 cm³/mol. The van der Waals surface area contributed by atoms with E-state index in [0.29, 0.717) is 10.6 Å². The highest BCUT2D eigenvalue weighted by Crippen LogP contribution is 2.19. The number of hydrogen-bond donors (Lipinski definition) is 3. The third-order valence-electron chi connectivity index (χ3n) is 2.51. The molecule has 3 N–H and O–H groups in total. The number of para-hydroxylation sites is 1. The van der Waals surface area contributed by atoms with Gasteiger partial charge in [0, 0.05) is 10.6 Å². The molecule has 0 aliphatic rings. The van der Waals surface area contributed by atoms with Crippen molar-refractivity contribution in [2.24, 2.45) is 5.10 Å². The highest BCUT2D eigenvalue weighted by Gasteiger charge is 2.08. The lowest BCUT2D eigenvalue weighted by atomic mass is 10.2. The zero-order chi connectivity index (χ0) is 14.5. The predicted octanol–water partition coefficient (Wildman–Crippen LogP) is 2.52. The minimum atomic E-state index is -0.555. The fraction of sp³-hybridized carbons (Fsp3) is 0. The Bertz CT molecular complexity index is 671. The van der Waals surface area contributed by atoms with Crippen molar-refractivity contribution in [3.63, 3.8) is 0 Å². The number of rotatable bonds is 3. The smallest absolute Gasteiger partial charge is 0.275 e. The van der Waals surface area contributed by atoms with Crippen LogP contribution >= 0.6 is 11.6 Å². The molecule has 0 atom stereocenters. The topological polar surface area (TPSA) is 81.9 Å². The Morgan fingerprint density at radius 1 is 1.15 bits per heavy atom. The van der Waals surface area contributed by atoms with Crippen LogP contribution in [0.4, 0.5) is 0 Å². The average Bonchev–Trinajstić information content (AvgIpc) is 2.43. The summed E-state index contributed by atoms with van der Waals surface area (Å²) in [5, 5.41) is 23.2. The van der Waals surface area contributed by atoms with E-state index < -0.39 is 5.91 Å². The van der Waals surface area contributed by atoms with Gasteiger partial charge in [-0.3, -0.25) is 4.79 Å². The van der Waals surface area contributed by atoms with Gasteiger partial charge in [0.15, 0.2) is 0 Å². The van der Waals surface area contributed by atoms with E-state index >= 15 is 0 Å². The van der Waals surface area contributed by atoms with Gasteiger partial charge in [0.25, 0.3) is 5.91 Å². The minimum Gasteiger partial charge on any atom is -0.507 e. The molecule has 0 aromatic heterocycles. The Morgan fingerprint density at radius 3 is 2.65 bits per heavy atom. The van der Waals surface area contributed by atoms with Crippen molar-refractivity contribution in [3.8, 4) is 11.5 Å². The fourth-order valence-corrected chi connectivity index (χ4v) is 1.70. The van der Waals surface area contributed by atoms with Crippen LogP contribution in [-0.2, 0) is 0 Å². The van der Waals surface area contributed by atoms with E-state index in [1.807, 2.05) is 0 Å². The molecule has 0 fully saturated rings. The molecule has 0 heterocycles. The van der Waals surface area contributed by atoms with Gasteiger partial charge in [0.05, 0.1) is 11.8 Å². The van der Waals surface area contributed by atoms with Crippen LogP contribution in [0, 0.1) is 0 Å². The van der Waals surface area contributed by atoms with Crippen LogP contribution in [0.1, 0.15) is 15.9 Å². The van der Waals surface area contributed by atoms with Crippen molar-refractivity contribution >= 4 is 23.7 Å². The normalized spacial score (nSPS) is 10.7. The summed E-state index contributed by atoms with van der Waals surface area (Å²) in [5.74, 6) is -0.693. The van der Waals surface area contributed by atoms with Gasteiger partial charge in [-0.25, -0.2) is 5.43 Å². The minimum absolute atomic E-state index is 0.00467. The average molecular weight is 291 g/mol. The van der Waals surface area contributed by atoms with Crippen molar-refractivity contribution in [1.82, 2.24) is 5.43 Å². The summed E-state index contributed by atoms with van der Waals surface area (Å²) >= 11 is 5.78. The lowest BCUT2D eigenvalue weighted by molar-refractivity contribution is 0.0952. The Hall–Kier alpha value is -2.53. The second-order valence-electron chi connectivity index (χ2n) is 3.92. The molecule has 20 heavy (non-hydrogen) atoms. The van der Waals surface area contributed by atoms with Crippen molar-refractivity contribution < 1.29 is 15.0 Å². The molecule has 0 spiro atoms. The number of aromatic hydroxyl groups is 2. The fourth-order valence-electron chi connectivity index (χ4n) is 1.52. The van der Waals surface area contributed by atoms with Gasteiger partial charge in [0.2, 0.25) is 0 Å². The summed E-state index contributed by atoms with van der Waals surface area (Å²) < 4.78 is 0. The van der Waals surface area contributed by atoms with Crippen molar-refractivity contribution in [1.29, 1.82) is 0 Å². The van der Waals surface area contributed by atoms with E-state index in [1.165, 1.54) is 36.5 Å². The monoisotopic (exact) mass is 290 g/mol.